The van der Waals surface area contributed by atoms with E-state index >= 15 is 0 Å². The molecule has 1 aliphatic heterocycles. The Morgan fingerprint density at radius 1 is 0.937 bits per heavy atom. The van der Waals surface area contributed by atoms with E-state index in [9.17, 15) is 19.8 Å². The summed E-state index contributed by atoms with van der Waals surface area (Å²) < 4.78 is 26.1. The highest BCUT2D eigenvalue weighted by Crippen LogP contribution is 2.62. The standard InChI is InChI=1S/C51H83N3O9/c1-10-12-13-14-15-16-17-18-19-22-29-52-47(57)61-38-27-28-43-41(34-38)45-39(26-21-24-31-56)37(25-20-23-30-55)33-40-42(53-63-50(6,7)8)35-44(51(62-43,46(40)45)60-32-11-2)54(9)48(58)59-36-49(3,4)5/h11,27-28,33-34,37,39,44-46,55-56H,2,10,12-26,29-32,35-36H2,1,3-9H3,(H,52,57). The third kappa shape index (κ3) is 15.2. The Kier molecular flexibility index (Phi) is 20.8. The Hall–Kier alpha value is -3.61. The van der Waals surface area contributed by atoms with Crippen molar-refractivity contribution in [2.75, 3.05) is 40.0 Å². The van der Waals surface area contributed by atoms with Gasteiger partial charge in [0.15, 0.2) is 0 Å². The summed E-state index contributed by atoms with van der Waals surface area (Å²) in [5.41, 5.74) is 1.66. The molecule has 6 unspecified atom stereocenters. The van der Waals surface area contributed by atoms with Gasteiger partial charge in [-0.2, -0.15) is 0 Å². The number of aliphatic hydroxyl groups is 2. The van der Waals surface area contributed by atoms with Gasteiger partial charge >= 0.3 is 12.2 Å². The number of allylic oxidation sites excluding steroid dienone is 1. The van der Waals surface area contributed by atoms with E-state index in [1.54, 1.807) is 24.1 Å². The summed E-state index contributed by atoms with van der Waals surface area (Å²) in [6.45, 7) is 19.2. The lowest BCUT2D eigenvalue weighted by Gasteiger charge is -2.59. The number of likely N-dealkylation sites (N-methyl/N-ethyl adjacent to an activating group) is 1. The zero-order chi connectivity index (χ0) is 46.0. The second-order valence-corrected chi connectivity index (χ2v) is 20.2. The monoisotopic (exact) mass is 882 g/mol. The van der Waals surface area contributed by atoms with Gasteiger partial charge in [-0.25, -0.2) is 9.59 Å². The first-order valence-electron chi connectivity index (χ1n) is 24.2. The molecule has 1 fully saturated rings. The molecule has 4 rings (SSSR count). The molecule has 3 N–H and O–H groups in total. The highest BCUT2D eigenvalue weighted by atomic mass is 16.7. The molecule has 2 amide bonds. The van der Waals surface area contributed by atoms with E-state index in [2.05, 4.69) is 24.9 Å². The molecule has 63 heavy (non-hydrogen) atoms. The maximum atomic E-state index is 14.1. The van der Waals surface area contributed by atoms with Gasteiger partial charge in [0.25, 0.3) is 0 Å². The molecule has 1 heterocycles. The number of ether oxygens (including phenoxy) is 4. The second kappa shape index (κ2) is 25.2. The Morgan fingerprint density at radius 2 is 1.59 bits per heavy atom. The van der Waals surface area contributed by atoms with Crippen molar-refractivity contribution in [3.63, 3.8) is 0 Å². The number of carbonyl (C=O) groups is 2. The molecule has 1 saturated carbocycles. The van der Waals surface area contributed by atoms with Gasteiger partial charge in [0.1, 0.15) is 23.1 Å². The number of rotatable bonds is 26. The molecular formula is C51H83N3O9. The quantitative estimate of drug-likeness (QED) is 0.0470. The van der Waals surface area contributed by atoms with Crippen LogP contribution in [0.5, 0.6) is 11.5 Å². The van der Waals surface area contributed by atoms with E-state index in [0.29, 0.717) is 36.6 Å². The summed E-state index contributed by atoms with van der Waals surface area (Å²) in [4.78, 5) is 35.1. The van der Waals surface area contributed by atoms with Crippen molar-refractivity contribution >= 4 is 17.9 Å². The molecule has 2 aliphatic carbocycles. The zero-order valence-corrected chi connectivity index (χ0v) is 40.2. The zero-order valence-electron chi connectivity index (χ0n) is 40.2. The first-order chi connectivity index (χ1) is 30.1. The van der Waals surface area contributed by atoms with Gasteiger partial charge in [0.05, 0.1) is 24.8 Å². The van der Waals surface area contributed by atoms with E-state index in [1.165, 1.54) is 44.9 Å². The SMILES string of the molecule is C=CCOC12Oc3ccc(OC(=O)NCCCCCCCCCCCC)cc3C3C(CCCCO)C(CCCCO)C=C(C(=NOC(C)(C)C)CC1N(C)C(=O)OCC(C)(C)C)C32. The van der Waals surface area contributed by atoms with Crippen molar-refractivity contribution < 1.29 is 43.6 Å². The predicted molar refractivity (Wildman–Crippen MR) is 250 cm³/mol. The van der Waals surface area contributed by atoms with E-state index in [0.717, 1.165) is 56.1 Å². The third-order valence-corrected chi connectivity index (χ3v) is 12.5. The summed E-state index contributed by atoms with van der Waals surface area (Å²) in [7, 11) is 1.73. The maximum absolute atomic E-state index is 14.1. The van der Waals surface area contributed by atoms with E-state index < -0.39 is 35.5 Å². The van der Waals surface area contributed by atoms with Gasteiger partial charge in [-0.1, -0.05) is 116 Å². The number of unbranched alkanes of at least 4 members (excludes halogenated alkanes) is 11. The van der Waals surface area contributed by atoms with Crippen molar-refractivity contribution in [1.82, 2.24) is 10.2 Å². The van der Waals surface area contributed by atoms with Crippen LogP contribution in [-0.4, -0.2) is 90.5 Å². The molecule has 3 aliphatic rings. The Bertz CT molecular complexity index is 1650. The van der Waals surface area contributed by atoms with Crippen LogP contribution in [-0.2, 0) is 14.3 Å². The molecule has 0 radical (unpaired) electrons. The van der Waals surface area contributed by atoms with Gasteiger partial charge in [-0.15, -0.1) is 6.58 Å². The van der Waals surface area contributed by atoms with Crippen LogP contribution >= 0.6 is 0 Å². The largest absolute Gasteiger partial charge is 0.459 e. The lowest BCUT2D eigenvalue weighted by molar-refractivity contribution is -0.254. The second-order valence-electron chi connectivity index (χ2n) is 20.2. The topological polar surface area (TPSA) is 148 Å². The number of nitrogens with zero attached hydrogens (tertiary/aromatic N) is 2. The molecular weight excluding hydrogens is 799 g/mol. The third-order valence-electron chi connectivity index (χ3n) is 12.5. The molecule has 0 saturated heterocycles. The van der Waals surface area contributed by atoms with Crippen LogP contribution in [0.3, 0.4) is 0 Å². The van der Waals surface area contributed by atoms with Gasteiger partial charge in [0, 0.05) is 44.7 Å². The van der Waals surface area contributed by atoms with Gasteiger partial charge in [-0.3, -0.25) is 0 Å². The van der Waals surface area contributed by atoms with Crippen LogP contribution in [0.2, 0.25) is 0 Å². The molecule has 6 atom stereocenters. The molecule has 12 nitrogen and oxygen atoms in total. The summed E-state index contributed by atoms with van der Waals surface area (Å²) >= 11 is 0. The Labute approximate surface area is 379 Å². The molecule has 1 aromatic carbocycles. The van der Waals surface area contributed by atoms with Crippen LogP contribution in [0, 0.1) is 23.2 Å². The Morgan fingerprint density at radius 3 is 2.21 bits per heavy atom. The van der Waals surface area contributed by atoms with Crippen LogP contribution < -0.4 is 14.8 Å². The van der Waals surface area contributed by atoms with Crippen molar-refractivity contribution in [3.8, 4) is 11.5 Å². The smallest absolute Gasteiger partial charge is 0.412 e. The van der Waals surface area contributed by atoms with Gasteiger partial charge < -0.3 is 44.2 Å². The normalized spacial score (nSPS) is 23.5. The molecule has 0 bridgehead atoms. The highest BCUT2D eigenvalue weighted by molar-refractivity contribution is 6.03. The average molecular weight is 882 g/mol. The summed E-state index contributed by atoms with van der Waals surface area (Å²) in [5.74, 6) is -1.08. The minimum absolute atomic E-state index is 0.0282. The minimum atomic E-state index is -1.41. The van der Waals surface area contributed by atoms with Crippen LogP contribution in [0.4, 0.5) is 9.59 Å². The number of nitrogens with one attached hydrogen (secondary N) is 1. The lowest BCUT2D eigenvalue weighted by Crippen LogP contribution is -2.69. The summed E-state index contributed by atoms with van der Waals surface area (Å²) in [6, 6.07) is 4.82. The van der Waals surface area contributed by atoms with E-state index in [-0.39, 0.29) is 56.0 Å². The molecule has 1 aromatic rings. The van der Waals surface area contributed by atoms with E-state index in [4.69, 9.17) is 28.9 Å². The fraction of sp³-hybridized carbons (Fsp3) is 0.745. The first-order valence-corrected chi connectivity index (χ1v) is 24.2. The number of fused-ring (bicyclic) bond motifs is 2. The van der Waals surface area contributed by atoms with Crippen molar-refractivity contribution in [2.45, 2.75) is 181 Å². The van der Waals surface area contributed by atoms with Gasteiger partial charge in [0.2, 0.25) is 5.79 Å². The average Bonchev–Trinajstić information content (AvgIpc) is 3.23. The van der Waals surface area contributed by atoms with Crippen molar-refractivity contribution in [2.24, 2.45) is 28.3 Å². The predicted octanol–water partition coefficient (Wildman–Crippen LogP) is 11.2. The van der Waals surface area contributed by atoms with Crippen molar-refractivity contribution in [3.05, 3.63) is 48.1 Å². The maximum Gasteiger partial charge on any atom is 0.412 e. The molecule has 356 valence electrons. The fourth-order valence-corrected chi connectivity index (χ4v) is 9.44. The number of aliphatic hydroxyl groups excluding tert-OH is 2. The van der Waals surface area contributed by atoms with Crippen LogP contribution in [0.1, 0.15) is 169 Å². The molecule has 0 aromatic heterocycles. The fourth-order valence-electron chi connectivity index (χ4n) is 9.44. The van der Waals surface area contributed by atoms with Crippen LogP contribution in [0.15, 0.2) is 47.7 Å². The molecule has 12 heteroatoms. The number of benzene rings is 1. The Balaban J connectivity index is 1.76. The summed E-state index contributed by atoms with van der Waals surface area (Å²) in [6.07, 6.45) is 20.0. The van der Waals surface area contributed by atoms with Crippen LogP contribution in [0.25, 0.3) is 0 Å². The lowest BCUT2D eigenvalue weighted by atomic mass is 9.55. The number of amides is 2. The number of hydrogen-bond donors (Lipinski definition) is 3. The van der Waals surface area contributed by atoms with E-state index in [1.807, 2.05) is 53.7 Å². The van der Waals surface area contributed by atoms with Gasteiger partial charge in [-0.05, 0) is 93.9 Å². The first kappa shape index (κ1) is 52.0. The molecule has 0 spiro atoms. The minimum Gasteiger partial charge on any atom is -0.459 e. The van der Waals surface area contributed by atoms with Crippen molar-refractivity contribution in [1.29, 1.82) is 0 Å². The number of carbonyl (C=O) groups excluding carboxylic acids is 2. The number of oxime groups is 1. The highest BCUT2D eigenvalue weighted by Gasteiger charge is 2.65. The summed E-state index contributed by atoms with van der Waals surface area (Å²) in [5, 5.41) is 27.6. The number of hydrogen-bond acceptors (Lipinski definition) is 10.